The number of aromatic nitrogens is 1. The fourth-order valence-electron chi connectivity index (χ4n) is 1.01. The second kappa shape index (κ2) is 3.93. The second-order valence-corrected chi connectivity index (χ2v) is 4.83. The summed E-state index contributed by atoms with van der Waals surface area (Å²) in [6.45, 7) is 0.202. The van der Waals surface area contributed by atoms with Crippen LogP contribution in [0.25, 0.3) is 0 Å². The first-order valence-corrected chi connectivity index (χ1v) is 5.86. The van der Waals surface area contributed by atoms with E-state index in [-0.39, 0.29) is 12.3 Å². The molecule has 1 rings (SSSR count). The zero-order valence-corrected chi connectivity index (χ0v) is 8.84. The van der Waals surface area contributed by atoms with Gasteiger partial charge in [-0.15, -0.1) is 0 Å². The van der Waals surface area contributed by atoms with Crippen molar-refractivity contribution in [2.75, 3.05) is 19.8 Å². The molecule has 0 aliphatic rings. The van der Waals surface area contributed by atoms with Crippen molar-refractivity contribution in [1.82, 2.24) is 9.29 Å². The summed E-state index contributed by atoms with van der Waals surface area (Å²) in [5.74, 6) is -0.130. The molecule has 0 saturated heterocycles. The minimum absolute atomic E-state index is 0.130. The smallest absolute Gasteiger partial charge is 0.235 e. The minimum Gasteiger partial charge on any atom is -0.313 e. The number of hydrogen-bond acceptors (Lipinski definition) is 4. The van der Waals surface area contributed by atoms with Crippen LogP contribution >= 0.6 is 0 Å². The number of nitrogens with one attached hydrogen (secondary N) is 1. The van der Waals surface area contributed by atoms with Gasteiger partial charge in [-0.3, -0.25) is 8.77 Å². The van der Waals surface area contributed by atoms with E-state index in [1.165, 1.54) is 18.5 Å². The van der Waals surface area contributed by atoms with E-state index in [0.717, 1.165) is 10.2 Å². The molecule has 1 N–H and O–H groups in total. The number of likely N-dealkylation sites (N-methyl/N-ethyl adjacent to an activating group) is 1. The van der Waals surface area contributed by atoms with Crippen LogP contribution in [0.5, 0.6) is 0 Å². The number of hydrogen-bond donors (Lipinski definition) is 1. The second-order valence-electron chi connectivity index (χ2n) is 2.95. The molecule has 0 spiro atoms. The molecule has 0 radical (unpaired) electrons. The van der Waals surface area contributed by atoms with Crippen LogP contribution in [0.3, 0.4) is 0 Å². The van der Waals surface area contributed by atoms with Gasteiger partial charge in [-0.2, -0.15) is 0 Å². The number of carbonyl (C=O) groups is 1. The Hall–Kier alpha value is -1.14. The molecular weight excluding hydrogens is 204 g/mol. The molecule has 1 aromatic heterocycles. The van der Waals surface area contributed by atoms with E-state index in [9.17, 15) is 13.2 Å². The Morgan fingerprint density at radius 2 is 2.21 bits per heavy atom. The molecule has 0 aliphatic heterocycles. The van der Waals surface area contributed by atoms with Crippen LogP contribution in [0.1, 0.15) is 10.4 Å². The Labute approximate surface area is 82.8 Å². The number of carbonyl (C=O) groups excluding carboxylic acids is 1. The van der Waals surface area contributed by atoms with Crippen molar-refractivity contribution in [2.45, 2.75) is 0 Å². The average molecular weight is 216 g/mol. The van der Waals surface area contributed by atoms with Crippen LogP contribution in [-0.4, -0.2) is 38.0 Å². The Bertz CT molecular complexity index is 433. The first-order valence-electron chi connectivity index (χ1n) is 4.01. The molecule has 0 aromatic carbocycles. The lowest BCUT2D eigenvalue weighted by Crippen LogP contribution is -2.18. The number of Topliss-reactive ketones (excluding diaryl/α,β-unsaturated/α-hetero) is 1. The monoisotopic (exact) mass is 216 g/mol. The van der Waals surface area contributed by atoms with E-state index in [4.69, 9.17) is 0 Å². The zero-order chi connectivity index (χ0) is 10.8. The molecule has 0 saturated carbocycles. The lowest BCUT2D eigenvalue weighted by Gasteiger charge is -1.97. The highest BCUT2D eigenvalue weighted by Crippen LogP contribution is 2.04. The van der Waals surface area contributed by atoms with Gasteiger partial charge in [0.25, 0.3) is 0 Å². The van der Waals surface area contributed by atoms with Crippen molar-refractivity contribution in [3.05, 3.63) is 24.0 Å². The third-order valence-electron chi connectivity index (χ3n) is 1.71. The molecule has 5 nitrogen and oxygen atoms in total. The molecule has 1 heterocycles. The Balaban J connectivity index is 2.94. The lowest BCUT2D eigenvalue weighted by molar-refractivity contribution is 0.0993. The van der Waals surface area contributed by atoms with Gasteiger partial charge in [0.05, 0.1) is 12.8 Å². The van der Waals surface area contributed by atoms with Crippen LogP contribution in [0.4, 0.5) is 0 Å². The SMILES string of the molecule is CNCC(=O)c1ccn(S(C)(=O)=O)c1. The van der Waals surface area contributed by atoms with Gasteiger partial charge in [0.15, 0.2) is 5.78 Å². The van der Waals surface area contributed by atoms with Crippen LogP contribution in [-0.2, 0) is 10.0 Å². The van der Waals surface area contributed by atoms with Crippen LogP contribution in [0.15, 0.2) is 18.5 Å². The summed E-state index contributed by atoms with van der Waals surface area (Å²) < 4.78 is 23.1. The Morgan fingerprint density at radius 3 is 2.64 bits per heavy atom. The van der Waals surface area contributed by atoms with Gasteiger partial charge >= 0.3 is 0 Å². The highest BCUT2D eigenvalue weighted by atomic mass is 32.2. The molecule has 0 fully saturated rings. The summed E-state index contributed by atoms with van der Waals surface area (Å²) in [5, 5.41) is 2.71. The Morgan fingerprint density at radius 1 is 1.57 bits per heavy atom. The summed E-state index contributed by atoms with van der Waals surface area (Å²) >= 11 is 0. The number of rotatable bonds is 4. The Kier molecular flexibility index (Phi) is 3.07. The molecule has 1 aromatic rings. The van der Waals surface area contributed by atoms with Gasteiger partial charge in [0.1, 0.15) is 0 Å². The first-order chi connectivity index (χ1) is 6.45. The summed E-state index contributed by atoms with van der Waals surface area (Å²) in [7, 11) is -1.63. The van der Waals surface area contributed by atoms with Crippen molar-refractivity contribution in [1.29, 1.82) is 0 Å². The maximum absolute atomic E-state index is 11.3. The molecule has 0 unspecified atom stereocenters. The van der Waals surface area contributed by atoms with E-state index >= 15 is 0 Å². The fourth-order valence-corrected chi connectivity index (χ4v) is 1.60. The van der Waals surface area contributed by atoms with E-state index in [2.05, 4.69) is 5.32 Å². The van der Waals surface area contributed by atoms with Crippen molar-refractivity contribution in [3.8, 4) is 0 Å². The van der Waals surface area contributed by atoms with Gasteiger partial charge in [0.2, 0.25) is 10.0 Å². The quantitative estimate of drug-likeness (QED) is 0.701. The number of nitrogens with zero attached hydrogens (tertiary/aromatic N) is 1. The van der Waals surface area contributed by atoms with Gasteiger partial charge in [-0.1, -0.05) is 0 Å². The van der Waals surface area contributed by atoms with E-state index in [0.29, 0.717) is 5.56 Å². The van der Waals surface area contributed by atoms with Gasteiger partial charge in [-0.25, -0.2) is 8.42 Å². The lowest BCUT2D eigenvalue weighted by atomic mass is 10.2. The van der Waals surface area contributed by atoms with Gasteiger partial charge < -0.3 is 5.32 Å². The molecule has 6 heteroatoms. The summed E-state index contributed by atoms with van der Waals surface area (Å²) in [6.07, 6.45) is 3.76. The largest absolute Gasteiger partial charge is 0.313 e. The van der Waals surface area contributed by atoms with Crippen molar-refractivity contribution >= 4 is 15.8 Å². The molecule has 78 valence electrons. The van der Waals surface area contributed by atoms with Crippen molar-refractivity contribution in [3.63, 3.8) is 0 Å². The molecule has 0 amide bonds. The minimum atomic E-state index is -3.29. The summed E-state index contributed by atoms with van der Waals surface area (Å²) in [6, 6.07) is 1.49. The maximum atomic E-state index is 11.3. The average Bonchev–Trinajstić information content (AvgIpc) is 2.51. The molecule has 0 bridgehead atoms. The molecule has 0 aliphatic carbocycles. The third kappa shape index (κ3) is 2.43. The first kappa shape index (κ1) is 10.9. The predicted octanol–water partition coefficient (Wildman–Crippen LogP) is -0.302. The molecule has 14 heavy (non-hydrogen) atoms. The summed E-state index contributed by atoms with van der Waals surface area (Å²) in [5.41, 5.74) is 0.393. The van der Waals surface area contributed by atoms with E-state index in [1.54, 1.807) is 7.05 Å². The van der Waals surface area contributed by atoms with Gasteiger partial charge in [-0.05, 0) is 13.1 Å². The van der Waals surface area contributed by atoms with Crippen LogP contribution in [0.2, 0.25) is 0 Å². The summed E-state index contributed by atoms with van der Waals surface area (Å²) in [4.78, 5) is 11.3. The highest BCUT2D eigenvalue weighted by Gasteiger charge is 2.10. The number of ketones is 1. The zero-order valence-electron chi connectivity index (χ0n) is 8.02. The van der Waals surface area contributed by atoms with E-state index < -0.39 is 10.0 Å². The molecular formula is C8H12N2O3S. The fraction of sp³-hybridized carbons (Fsp3) is 0.375. The maximum Gasteiger partial charge on any atom is 0.235 e. The predicted molar refractivity (Wildman–Crippen MR) is 52.9 cm³/mol. The van der Waals surface area contributed by atoms with Crippen molar-refractivity contribution < 1.29 is 13.2 Å². The van der Waals surface area contributed by atoms with Crippen molar-refractivity contribution in [2.24, 2.45) is 0 Å². The molecule has 0 atom stereocenters. The van der Waals surface area contributed by atoms with Gasteiger partial charge in [0, 0.05) is 18.0 Å². The third-order valence-corrected chi connectivity index (χ3v) is 2.70. The van der Waals surface area contributed by atoms with Crippen LogP contribution in [0, 0.1) is 0 Å². The van der Waals surface area contributed by atoms with E-state index in [1.807, 2.05) is 0 Å². The standard InChI is InChI=1S/C8H12N2O3S/c1-9-5-8(11)7-3-4-10(6-7)14(2,12)13/h3-4,6,9H,5H2,1-2H3. The normalized spacial score (nSPS) is 11.6. The van der Waals surface area contributed by atoms with Crippen LogP contribution < -0.4 is 5.32 Å². The highest BCUT2D eigenvalue weighted by molar-refractivity contribution is 7.89. The topological polar surface area (TPSA) is 68.2 Å².